The van der Waals surface area contributed by atoms with Crippen LogP contribution in [0.2, 0.25) is 0 Å². The molecule has 1 heterocycles. The highest BCUT2D eigenvalue weighted by Gasteiger charge is 2.18. The van der Waals surface area contributed by atoms with Gasteiger partial charge in [-0.05, 0) is 91.2 Å². The van der Waals surface area contributed by atoms with E-state index < -0.39 is 0 Å². The molecule has 1 nitrogen and oxygen atoms in total. The molecule has 1 heteroatoms. The van der Waals surface area contributed by atoms with Gasteiger partial charge in [-0.15, -0.1) is 0 Å². The number of hydrogen-bond acceptors (Lipinski definition) is 1. The number of nitrogens with zero attached hydrogens (tertiary/aromatic N) is 1. The van der Waals surface area contributed by atoms with Crippen LogP contribution in [0.15, 0.2) is 128 Å². The molecule has 0 radical (unpaired) electrons. The number of aryl methyl sites for hydroxylation is 2. The normalized spacial score (nSPS) is 11.4. The topological polar surface area (TPSA) is 12.9 Å². The molecule has 1 aromatic heterocycles. The molecule has 0 unspecified atom stereocenters. The van der Waals surface area contributed by atoms with Crippen molar-refractivity contribution in [1.29, 1.82) is 0 Å². The Balaban J connectivity index is 1.56. The van der Waals surface area contributed by atoms with Crippen LogP contribution in [0.25, 0.3) is 65.7 Å². The van der Waals surface area contributed by atoms with Crippen LogP contribution in [0.1, 0.15) is 18.2 Å². The highest BCUT2D eigenvalue weighted by atomic mass is 14.7. The van der Waals surface area contributed by atoms with E-state index in [9.17, 15) is 0 Å². The third-order valence-corrected chi connectivity index (χ3v) is 7.99. The predicted molar refractivity (Wildman–Crippen MR) is 167 cm³/mol. The Morgan fingerprint density at radius 3 is 1.74 bits per heavy atom. The highest BCUT2D eigenvalue weighted by molar-refractivity contribution is 6.23. The molecule has 6 aromatic carbocycles. The Bertz CT molecular complexity index is 1940. The molecule has 0 saturated carbocycles. The first-order valence-corrected chi connectivity index (χ1v) is 13.7. The van der Waals surface area contributed by atoms with Crippen molar-refractivity contribution in [1.82, 2.24) is 4.98 Å². The fourth-order valence-corrected chi connectivity index (χ4v) is 6.12. The number of pyridine rings is 1. The van der Waals surface area contributed by atoms with Crippen molar-refractivity contribution in [2.45, 2.75) is 20.3 Å². The van der Waals surface area contributed by atoms with Crippen molar-refractivity contribution in [3.63, 3.8) is 0 Å². The molecule has 0 saturated heterocycles. The van der Waals surface area contributed by atoms with Gasteiger partial charge in [0.25, 0.3) is 0 Å². The number of aromatic nitrogens is 1. The maximum atomic E-state index is 4.54. The fourth-order valence-electron chi connectivity index (χ4n) is 6.12. The van der Waals surface area contributed by atoms with E-state index in [1.54, 1.807) is 0 Å². The van der Waals surface area contributed by atoms with E-state index in [4.69, 9.17) is 0 Å². The van der Waals surface area contributed by atoms with E-state index in [-0.39, 0.29) is 0 Å². The van der Waals surface area contributed by atoms with Crippen LogP contribution in [-0.2, 0) is 6.42 Å². The molecule has 7 rings (SSSR count). The highest BCUT2D eigenvalue weighted by Crippen LogP contribution is 2.45. The van der Waals surface area contributed by atoms with E-state index >= 15 is 0 Å². The summed E-state index contributed by atoms with van der Waals surface area (Å²) in [6.45, 7) is 4.26. The first-order valence-electron chi connectivity index (χ1n) is 13.7. The minimum Gasteiger partial charge on any atom is -0.261 e. The molecular formula is C38H29N. The van der Waals surface area contributed by atoms with Crippen molar-refractivity contribution < 1.29 is 0 Å². The third-order valence-electron chi connectivity index (χ3n) is 7.99. The summed E-state index contributed by atoms with van der Waals surface area (Å²) in [5.74, 6) is 0. The number of benzene rings is 6. The molecule has 0 fully saturated rings. The summed E-state index contributed by atoms with van der Waals surface area (Å²) < 4.78 is 0. The van der Waals surface area contributed by atoms with Gasteiger partial charge in [0.2, 0.25) is 0 Å². The lowest BCUT2D eigenvalue weighted by atomic mass is 9.84. The predicted octanol–water partition coefficient (Wildman–Crippen LogP) is 10.4. The maximum absolute atomic E-state index is 4.54. The average molecular weight is 500 g/mol. The zero-order valence-electron chi connectivity index (χ0n) is 22.3. The smallest absolute Gasteiger partial charge is 0.0373 e. The minimum absolute atomic E-state index is 1.02. The largest absolute Gasteiger partial charge is 0.261 e. The summed E-state index contributed by atoms with van der Waals surface area (Å²) >= 11 is 0. The second-order valence-electron chi connectivity index (χ2n) is 10.3. The first kappa shape index (κ1) is 23.4. The van der Waals surface area contributed by atoms with E-state index in [2.05, 4.69) is 133 Å². The van der Waals surface area contributed by atoms with Crippen LogP contribution in [-0.4, -0.2) is 4.98 Å². The van der Waals surface area contributed by atoms with E-state index in [0.29, 0.717) is 0 Å². The SMILES string of the molecule is CCc1cccc2c(-c3c4ccccc4c(-c4cccc(-c5ccc(C)nc5)c4)c4ccccc34)cccc12. The third kappa shape index (κ3) is 3.90. The first-order chi connectivity index (χ1) is 19.2. The Kier molecular flexibility index (Phi) is 5.71. The summed E-state index contributed by atoms with van der Waals surface area (Å²) in [5, 5.41) is 7.76. The number of hydrogen-bond donors (Lipinski definition) is 0. The summed E-state index contributed by atoms with van der Waals surface area (Å²) in [6, 6.07) is 44.4. The summed E-state index contributed by atoms with van der Waals surface area (Å²) in [6.07, 6.45) is 2.99. The van der Waals surface area contributed by atoms with E-state index in [0.717, 1.165) is 17.7 Å². The molecule has 0 bridgehead atoms. The maximum Gasteiger partial charge on any atom is 0.0373 e. The summed E-state index contributed by atoms with van der Waals surface area (Å²) in [7, 11) is 0. The lowest BCUT2D eigenvalue weighted by Gasteiger charge is -2.19. The molecule has 0 aliphatic heterocycles. The Labute approximate surface area is 229 Å². The monoisotopic (exact) mass is 499 g/mol. The minimum atomic E-state index is 1.02. The van der Waals surface area contributed by atoms with Gasteiger partial charge in [0.15, 0.2) is 0 Å². The standard InChI is InChI=1S/C38H29N/c1-3-26-11-9-19-31-30(26)18-10-20-32(31)38-35-16-6-4-14-33(35)37(34-15-5-7-17-36(34)38)28-13-8-12-27(23-28)29-22-21-25(2)39-24-29/h4-24H,3H2,1-2H3. The van der Waals surface area contributed by atoms with Crippen molar-refractivity contribution in [3.8, 4) is 33.4 Å². The van der Waals surface area contributed by atoms with Crippen LogP contribution in [0, 0.1) is 6.92 Å². The summed E-state index contributed by atoms with van der Waals surface area (Å²) in [5.41, 5.74) is 9.83. The molecule has 0 atom stereocenters. The zero-order chi connectivity index (χ0) is 26.3. The molecule has 0 spiro atoms. The van der Waals surface area contributed by atoms with Gasteiger partial charge in [-0.2, -0.15) is 0 Å². The molecule has 39 heavy (non-hydrogen) atoms. The Morgan fingerprint density at radius 1 is 0.487 bits per heavy atom. The molecule has 7 aromatic rings. The molecule has 0 aliphatic carbocycles. The summed E-state index contributed by atoms with van der Waals surface area (Å²) in [4.78, 5) is 4.54. The van der Waals surface area contributed by atoms with Gasteiger partial charge < -0.3 is 0 Å². The Morgan fingerprint density at radius 2 is 1.08 bits per heavy atom. The lowest BCUT2D eigenvalue weighted by Crippen LogP contribution is -1.93. The van der Waals surface area contributed by atoms with Crippen LogP contribution < -0.4 is 0 Å². The van der Waals surface area contributed by atoms with Gasteiger partial charge in [-0.1, -0.05) is 116 Å². The van der Waals surface area contributed by atoms with Gasteiger partial charge in [0.1, 0.15) is 0 Å². The van der Waals surface area contributed by atoms with Gasteiger partial charge in [0, 0.05) is 17.5 Å². The van der Waals surface area contributed by atoms with Crippen molar-refractivity contribution >= 4 is 32.3 Å². The molecule has 0 amide bonds. The quantitative estimate of drug-likeness (QED) is 0.220. The number of rotatable bonds is 4. The van der Waals surface area contributed by atoms with E-state index in [1.807, 2.05) is 13.1 Å². The van der Waals surface area contributed by atoms with Crippen molar-refractivity contribution in [2.24, 2.45) is 0 Å². The van der Waals surface area contributed by atoms with Gasteiger partial charge >= 0.3 is 0 Å². The Hall–Kier alpha value is -4.75. The van der Waals surface area contributed by atoms with E-state index in [1.165, 1.54) is 65.7 Å². The van der Waals surface area contributed by atoms with Gasteiger partial charge in [-0.3, -0.25) is 4.98 Å². The van der Waals surface area contributed by atoms with Crippen molar-refractivity contribution in [2.75, 3.05) is 0 Å². The molecule has 0 aliphatic rings. The molecular weight excluding hydrogens is 470 g/mol. The fraction of sp³-hybridized carbons (Fsp3) is 0.0789. The number of fused-ring (bicyclic) bond motifs is 3. The second kappa shape index (κ2) is 9.53. The zero-order valence-corrected chi connectivity index (χ0v) is 22.3. The molecule has 0 N–H and O–H groups in total. The van der Waals surface area contributed by atoms with Gasteiger partial charge in [-0.25, -0.2) is 0 Å². The van der Waals surface area contributed by atoms with Crippen LogP contribution in [0.4, 0.5) is 0 Å². The van der Waals surface area contributed by atoms with Gasteiger partial charge in [0.05, 0.1) is 0 Å². The van der Waals surface area contributed by atoms with Crippen molar-refractivity contribution in [3.05, 3.63) is 139 Å². The van der Waals surface area contributed by atoms with Crippen LogP contribution in [0.5, 0.6) is 0 Å². The average Bonchev–Trinajstić information content (AvgIpc) is 2.99. The molecule has 186 valence electrons. The van der Waals surface area contributed by atoms with Crippen LogP contribution in [0.3, 0.4) is 0 Å². The lowest BCUT2D eigenvalue weighted by molar-refractivity contribution is 1.16. The second-order valence-corrected chi connectivity index (χ2v) is 10.3. The van der Waals surface area contributed by atoms with Crippen LogP contribution >= 0.6 is 0 Å².